The second kappa shape index (κ2) is 4.83. The quantitative estimate of drug-likeness (QED) is 0.747. The summed E-state index contributed by atoms with van der Waals surface area (Å²) < 4.78 is 25.7. The van der Waals surface area contributed by atoms with Crippen LogP contribution in [0.5, 0.6) is 0 Å². The van der Waals surface area contributed by atoms with Crippen molar-refractivity contribution in [2.24, 2.45) is 17.8 Å². The molecule has 0 aromatic carbocycles. The van der Waals surface area contributed by atoms with E-state index in [9.17, 15) is 8.42 Å². The van der Waals surface area contributed by atoms with Gasteiger partial charge in [-0.15, -0.1) is 0 Å². The molecule has 0 spiro atoms. The first kappa shape index (κ1) is 13.0. The van der Waals surface area contributed by atoms with Crippen LogP contribution in [0.15, 0.2) is 0 Å². The summed E-state index contributed by atoms with van der Waals surface area (Å²) in [6, 6.07) is 0. The SMILES string of the molecule is CC(C)CS(=O)(=O)N1CC(C)CC(C)C1. The zero-order valence-corrected chi connectivity index (χ0v) is 11.0. The number of hydrogen-bond donors (Lipinski definition) is 0. The maximum atomic E-state index is 12.0. The molecular formula is C11H23NO2S. The van der Waals surface area contributed by atoms with Crippen LogP contribution < -0.4 is 0 Å². The van der Waals surface area contributed by atoms with Crippen molar-refractivity contribution in [2.45, 2.75) is 34.1 Å². The van der Waals surface area contributed by atoms with Crippen molar-refractivity contribution < 1.29 is 8.42 Å². The molecule has 15 heavy (non-hydrogen) atoms. The van der Waals surface area contributed by atoms with E-state index in [1.165, 1.54) is 0 Å². The summed E-state index contributed by atoms with van der Waals surface area (Å²) in [7, 11) is -3.02. The van der Waals surface area contributed by atoms with Crippen LogP contribution in [0.3, 0.4) is 0 Å². The maximum Gasteiger partial charge on any atom is 0.214 e. The standard InChI is InChI=1S/C11H23NO2S/c1-9(2)8-15(13,14)12-6-10(3)5-11(4)7-12/h9-11H,5-8H2,1-4H3. The number of nitrogens with zero attached hydrogens (tertiary/aromatic N) is 1. The lowest BCUT2D eigenvalue weighted by Gasteiger charge is -2.34. The van der Waals surface area contributed by atoms with Gasteiger partial charge in [0, 0.05) is 13.1 Å². The van der Waals surface area contributed by atoms with Crippen molar-refractivity contribution in [3.8, 4) is 0 Å². The fraction of sp³-hybridized carbons (Fsp3) is 1.00. The molecule has 0 bridgehead atoms. The van der Waals surface area contributed by atoms with Gasteiger partial charge in [-0.25, -0.2) is 12.7 Å². The Balaban J connectivity index is 2.70. The molecule has 90 valence electrons. The van der Waals surface area contributed by atoms with Gasteiger partial charge in [-0.3, -0.25) is 0 Å². The average molecular weight is 233 g/mol. The molecule has 1 heterocycles. The lowest BCUT2D eigenvalue weighted by Crippen LogP contribution is -2.44. The Bertz CT molecular complexity index is 288. The van der Waals surface area contributed by atoms with Crippen LogP contribution in [0.4, 0.5) is 0 Å². The van der Waals surface area contributed by atoms with Crippen LogP contribution in [0.2, 0.25) is 0 Å². The summed E-state index contributed by atoms with van der Waals surface area (Å²) in [5.74, 6) is 1.49. The molecule has 1 rings (SSSR count). The Morgan fingerprint density at radius 1 is 1.20 bits per heavy atom. The third-order valence-electron chi connectivity index (χ3n) is 2.77. The fourth-order valence-electron chi connectivity index (χ4n) is 2.36. The molecule has 2 unspecified atom stereocenters. The van der Waals surface area contributed by atoms with Gasteiger partial charge in [0.25, 0.3) is 0 Å². The molecule has 0 amide bonds. The van der Waals surface area contributed by atoms with E-state index in [1.807, 2.05) is 13.8 Å². The summed E-state index contributed by atoms with van der Waals surface area (Å²) in [4.78, 5) is 0. The van der Waals surface area contributed by atoms with Gasteiger partial charge in [-0.1, -0.05) is 27.7 Å². The molecule has 0 aliphatic carbocycles. The smallest absolute Gasteiger partial charge is 0.212 e. The van der Waals surface area contributed by atoms with E-state index in [0.717, 1.165) is 6.42 Å². The van der Waals surface area contributed by atoms with Crippen molar-refractivity contribution in [2.75, 3.05) is 18.8 Å². The van der Waals surface area contributed by atoms with Crippen LogP contribution in [-0.4, -0.2) is 31.6 Å². The van der Waals surface area contributed by atoms with Crippen LogP contribution in [0, 0.1) is 17.8 Å². The molecule has 1 saturated heterocycles. The van der Waals surface area contributed by atoms with Crippen LogP contribution in [0.1, 0.15) is 34.1 Å². The van der Waals surface area contributed by atoms with Crippen LogP contribution in [-0.2, 0) is 10.0 Å². The molecule has 3 nitrogen and oxygen atoms in total. The van der Waals surface area contributed by atoms with Crippen LogP contribution in [0.25, 0.3) is 0 Å². The first-order valence-electron chi connectivity index (χ1n) is 5.79. The third kappa shape index (κ3) is 3.76. The molecule has 1 fully saturated rings. The van der Waals surface area contributed by atoms with Gasteiger partial charge in [0.2, 0.25) is 10.0 Å². The van der Waals surface area contributed by atoms with E-state index in [1.54, 1.807) is 4.31 Å². The summed E-state index contributed by atoms with van der Waals surface area (Å²) in [6.07, 6.45) is 1.15. The van der Waals surface area contributed by atoms with Crippen molar-refractivity contribution in [1.29, 1.82) is 0 Å². The zero-order valence-electron chi connectivity index (χ0n) is 10.2. The monoisotopic (exact) mass is 233 g/mol. The molecule has 1 aliphatic rings. The second-order valence-corrected chi connectivity index (χ2v) is 7.45. The highest BCUT2D eigenvalue weighted by Gasteiger charge is 2.30. The van der Waals surface area contributed by atoms with Gasteiger partial charge < -0.3 is 0 Å². The normalized spacial score (nSPS) is 29.7. The topological polar surface area (TPSA) is 37.4 Å². The fourth-order valence-corrected chi connectivity index (χ4v) is 4.38. The molecule has 4 heteroatoms. The van der Waals surface area contributed by atoms with Crippen molar-refractivity contribution in [1.82, 2.24) is 4.31 Å². The summed E-state index contributed by atoms with van der Waals surface area (Å²) in [6.45, 7) is 9.59. The highest BCUT2D eigenvalue weighted by Crippen LogP contribution is 2.23. The van der Waals surface area contributed by atoms with Gasteiger partial charge in [0.1, 0.15) is 0 Å². The molecule has 0 saturated carbocycles. The van der Waals surface area contributed by atoms with Crippen LogP contribution >= 0.6 is 0 Å². The number of rotatable bonds is 3. The first-order chi connectivity index (χ1) is 6.81. The second-order valence-electron chi connectivity index (χ2n) is 5.44. The summed E-state index contributed by atoms with van der Waals surface area (Å²) in [5.41, 5.74) is 0. The van der Waals surface area contributed by atoms with Crippen molar-refractivity contribution >= 4 is 10.0 Å². The van der Waals surface area contributed by atoms with E-state index in [0.29, 0.717) is 24.9 Å². The molecule has 0 aromatic heterocycles. The Kier molecular flexibility index (Phi) is 4.18. The molecule has 0 N–H and O–H groups in total. The molecule has 2 atom stereocenters. The van der Waals surface area contributed by atoms with E-state index in [4.69, 9.17) is 0 Å². The molecular weight excluding hydrogens is 210 g/mol. The van der Waals surface area contributed by atoms with Gasteiger partial charge >= 0.3 is 0 Å². The van der Waals surface area contributed by atoms with Gasteiger partial charge in [0.15, 0.2) is 0 Å². The molecule has 1 aliphatic heterocycles. The van der Waals surface area contributed by atoms with Crippen molar-refractivity contribution in [3.05, 3.63) is 0 Å². The highest BCUT2D eigenvalue weighted by atomic mass is 32.2. The zero-order chi connectivity index (χ0) is 11.6. The van der Waals surface area contributed by atoms with E-state index in [-0.39, 0.29) is 11.7 Å². The minimum absolute atomic E-state index is 0.211. The van der Waals surface area contributed by atoms with E-state index >= 15 is 0 Å². The number of piperidine rings is 1. The number of hydrogen-bond acceptors (Lipinski definition) is 2. The van der Waals surface area contributed by atoms with Gasteiger partial charge in [0.05, 0.1) is 5.75 Å². The third-order valence-corrected chi connectivity index (χ3v) is 4.95. The maximum absolute atomic E-state index is 12.0. The lowest BCUT2D eigenvalue weighted by molar-refractivity contribution is 0.222. The van der Waals surface area contributed by atoms with Crippen molar-refractivity contribution in [3.63, 3.8) is 0 Å². The molecule has 0 radical (unpaired) electrons. The van der Waals surface area contributed by atoms with E-state index < -0.39 is 10.0 Å². The Morgan fingerprint density at radius 3 is 2.07 bits per heavy atom. The predicted octanol–water partition coefficient (Wildman–Crippen LogP) is 1.95. The largest absolute Gasteiger partial charge is 0.214 e. The number of sulfonamides is 1. The van der Waals surface area contributed by atoms with Gasteiger partial charge in [-0.05, 0) is 24.2 Å². The minimum Gasteiger partial charge on any atom is -0.212 e. The average Bonchev–Trinajstić information content (AvgIpc) is 1.99. The summed E-state index contributed by atoms with van der Waals surface area (Å²) in [5, 5.41) is 0. The predicted molar refractivity (Wildman–Crippen MR) is 63.1 cm³/mol. The molecule has 0 aromatic rings. The Morgan fingerprint density at radius 2 is 1.67 bits per heavy atom. The Hall–Kier alpha value is -0.0900. The Labute approximate surface area is 93.9 Å². The highest BCUT2D eigenvalue weighted by molar-refractivity contribution is 7.89. The first-order valence-corrected chi connectivity index (χ1v) is 7.40. The van der Waals surface area contributed by atoms with E-state index in [2.05, 4.69) is 13.8 Å². The van der Waals surface area contributed by atoms with Gasteiger partial charge in [-0.2, -0.15) is 0 Å². The lowest BCUT2D eigenvalue weighted by atomic mass is 9.94. The minimum atomic E-state index is -3.02. The summed E-state index contributed by atoms with van der Waals surface area (Å²) >= 11 is 0.